The molecule has 0 spiro atoms. The van der Waals surface area contributed by atoms with E-state index in [1.165, 1.54) is 0 Å². The van der Waals surface area contributed by atoms with Crippen molar-refractivity contribution in [3.05, 3.63) is 62.9 Å². The number of carbonyl (C=O) groups is 1. The lowest BCUT2D eigenvalue weighted by Crippen LogP contribution is -2.24. The number of nitrogens with zero attached hydrogens (tertiary/aromatic N) is 3. The first-order valence-electron chi connectivity index (χ1n) is 9.53. The molecule has 2 aromatic heterocycles. The number of halogens is 1. The van der Waals surface area contributed by atoms with E-state index in [-0.39, 0.29) is 11.5 Å². The molecule has 0 aliphatic heterocycles. The Balaban J connectivity index is 1.77. The van der Waals surface area contributed by atoms with Crippen molar-refractivity contribution >= 4 is 38.4 Å². The van der Waals surface area contributed by atoms with E-state index in [1.807, 2.05) is 24.3 Å². The van der Waals surface area contributed by atoms with Crippen LogP contribution in [0.15, 0.2) is 51.7 Å². The van der Waals surface area contributed by atoms with Gasteiger partial charge in [-0.25, -0.2) is 9.73 Å². The minimum absolute atomic E-state index is 0.159. The van der Waals surface area contributed by atoms with Gasteiger partial charge in [0.2, 0.25) is 0 Å². The maximum absolute atomic E-state index is 12.6. The van der Waals surface area contributed by atoms with Crippen LogP contribution in [0.2, 0.25) is 0 Å². The second-order valence-electron chi connectivity index (χ2n) is 6.84. The summed E-state index contributed by atoms with van der Waals surface area (Å²) in [4.78, 5) is 29.3. The van der Waals surface area contributed by atoms with E-state index >= 15 is 0 Å². The fourth-order valence-corrected chi connectivity index (χ4v) is 3.51. The number of H-pyrrole nitrogens is 1. The van der Waals surface area contributed by atoms with Crippen LogP contribution in [0.4, 0.5) is 0 Å². The van der Waals surface area contributed by atoms with Gasteiger partial charge in [0.05, 0.1) is 10.9 Å². The molecule has 8 heteroatoms. The van der Waals surface area contributed by atoms with Crippen molar-refractivity contribution in [3.63, 3.8) is 0 Å². The average molecular weight is 454 g/mol. The normalized spacial score (nSPS) is 11.2. The van der Waals surface area contributed by atoms with Crippen molar-refractivity contribution in [2.24, 2.45) is 0 Å². The number of nitrogens with one attached hydrogen (secondary N) is 2. The van der Waals surface area contributed by atoms with Gasteiger partial charge in [0, 0.05) is 22.1 Å². The summed E-state index contributed by atoms with van der Waals surface area (Å²) in [5.41, 5.74) is 2.54. The molecule has 0 unspecified atom stereocenters. The Morgan fingerprint density at radius 3 is 2.72 bits per heavy atom. The van der Waals surface area contributed by atoms with Gasteiger partial charge in [-0.1, -0.05) is 47.8 Å². The summed E-state index contributed by atoms with van der Waals surface area (Å²) in [6.07, 6.45) is 3.12. The maximum atomic E-state index is 12.6. The molecule has 7 nitrogen and oxygen atoms in total. The predicted octanol–water partition coefficient (Wildman–Crippen LogP) is 3.92. The van der Waals surface area contributed by atoms with E-state index in [9.17, 15) is 9.59 Å². The zero-order chi connectivity index (χ0) is 20.4. The first-order valence-corrected chi connectivity index (χ1v) is 10.3. The van der Waals surface area contributed by atoms with Crippen LogP contribution in [0.5, 0.6) is 0 Å². The highest BCUT2D eigenvalue weighted by Gasteiger charge is 2.15. The SMILES string of the molecule is CCCCCNC(=O)c1ccc2c(=O)nc3c(-c4ccc(Br)cc4)n[nH]n3c2c1. The zero-order valence-corrected chi connectivity index (χ0v) is 17.5. The third-order valence-electron chi connectivity index (χ3n) is 4.81. The van der Waals surface area contributed by atoms with Gasteiger partial charge in [-0.2, -0.15) is 10.1 Å². The molecule has 0 saturated carbocycles. The molecule has 0 fully saturated rings. The van der Waals surface area contributed by atoms with Gasteiger partial charge < -0.3 is 5.32 Å². The summed E-state index contributed by atoms with van der Waals surface area (Å²) in [6, 6.07) is 12.6. The van der Waals surface area contributed by atoms with Crippen LogP contribution in [0.25, 0.3) is 27.8 Å². The van der Waals surface area contributed by atoms with Crippen molar-refractivity contribution in [1.82, 2.24) is 25.1 Å². The number of benzene rings is 2. The minimum Gasteiger partial charge on any atom is -0.352 e. The minimum atomic E-state index is -0.352. The highest BCUT2D eigenvalue weighted by Crippen LogP contribution is 2.24. The standard InChI is InChI=1S/C21H20BrN5O2/c1-2-3-4-11-23-20(28)14-7-10-16-17(12-14)27-19(24-21(16)29)18(25-26-27)13-5-8-15(22)9-6-13/h5-10,12,26H,2-4,11H2,1H3,(H,23,28). The number of hydrogen-bond donors (Lipinski definition) is 2. The summed E-state index contributed by atoms with van der Waals surface area (Å²) in [6.45, 7) is 2.75. The Bertz CT molecular complexity index is 1240. The number of amides is 1. The smallest absolute Gasteiger partial charge is 0.281 e. The third-order valence-corrected chi connectivity index (χ3v) is 5.34. The van der Waals surface area contributed by atoms with Crippen LogP contribution in [-0.2, 0) is 0 Å². The van der Waals surface area contributed by atoms with E-state index in [0.717, 1.165) is 29.3 Å². The fourth-order valence-electron chi connectivity index (χ4n) is 3.25. The number of aromatic nitrogens is 4. The van der Waals surface area contributed by atoms with Crippen molar-refractivity contribution in [2.45, 2.75) is 26.2 Å². The third kappa shape index (κ3) is 3.80. The van der Waals surface area contributed by atoms with Crippen molar-refractivity contribution in [1.29, 1.82) is 0 Å². The molecular weight excluding hydrogens is 434 g/mol. The number of aromatic amines is 1. The summed E-state index contributed by atoms with van der Waals surface area (Å²) < 4.78 is 2.59. The summed E-state index contributed by atoms with van der Waals surface area (Å²) in [5.74, 6) is -0.159. The Labute approximate surface area is 175 Å². The Kier molecular flexibility index (Phi) is 5.44. The van der Waals surface area contributed by atoms with Crippen molar-refractivity contribution < 1.29 is 4.79 Å². The molecule has 0 bridgehead atoms. The monoisotopic (exact) mass is 453 g/mol. The van der Waals surface area contributed by atoms with Crippen LogP contribution in [0.3, 0.4) is 0 Å². The first-order chi connectivity index (χ1) is 14.1. The molecule has 0 atom stereocenters. The van der Waals surface area contributed by atoms with E-state index < -0.39 is 0 Å². The molecule has 4 rings (SSSR count). The van der Waals surface area contributed by atoms with E-state index in [4.69, 9.17) is 0 Å². The van der Waals surface area contributed by atoms with Gasteiger partial charge in [-0.15, -0.1) is 0 Å². The molecule has 0 aliphatic carbocycles. The molecule has 2 aromatic carbocycles. The lowest BCUT2D eigenvalue weighted by Gasteiger charge is -2.07. The Morgan fingerprint density at radius 1 is 1.17 bits per heavy atom. The molecule has 4 aromatic rings. The highest BCUT2D eigenvalue weighted by atomic mass is 79.9. The van der Waals surface area contributed by atoms with Crippen LogP contribution in [-0.4, -0.2) is 32.3 Å². The largest absolute Gasteiger partial charge is 0.352 e. The molecule has 0 radical (unpaired) electrons. The van der Waals surface area contributed by atoms with Gasteiger partial charge >= 0.3 is 0 Å². The van der Waals surface area contributed by atoms with Crippen LogP contribution in [0, 0.1) is 0 Å². The van der Waals surface area contributed by atoms with Gasteiger partial charge in [-0.3, -0.25) is 9.59 Å². The van der Waals surface area contributed by atoms with E-state index in [2.05, 4.69) is 43.5 Å². The van der Waals surface area contributed by atoms with E-state index in [0.29, 0.717) is 34.4 Å². The summed E-state index contributed by atoms with van der Waals surface area (Å²) >= 11 is 3.41. The lowest BCUT2D eigenvalue weighted by molar-refractivity contribution is 0.0953. The summed E-state index contributed by atoms with van der Waals surface area (Å²) in [5, 5.41) is 10.6. The van der Waals surface area contributed by atoms with Gasteiger partial charge in [0.1, 0.15) is 5.69 Å². The fraction of sp³-hybridized carbons (Fsp3) is 0.238. The molecule has 2 N–H and O–H groups in total. The van der Waals surface area contributed by atoms with E-state index in [1.54, 1.807) is 22.7 Å². The molecule has 0 aliphatic rings. The number of hydrogen-bond acceptors (Lipinski definition) is 4. The maximum Gasteiger partial charge on any atom is 0.281 e. The van der Waals surface area contributed by atoms with Crippen LogP contribution >= 0.6 is 15.9 Å². The number of fused-ring (bicyclic) bond motifs is 3. The lowest BCUT2D eigenvalue weighted by atomic mass is 10.1. The molecule has 1 amide bonds. The number of carbonyl (C=O) groups excluding carboxylic acids is 1. The van der Waals surface area contributed by atoms with Gasteiger partial charge in [0.25, 0.3) is 11.5 Å². The average Bonchev–Trinajstić information content (AvgIpc) is 3.15. The molecular formula is C21H20BrN5O2. The highest BCUT2D eigenvalue weighted by molar-refractivity contribution is 9.10. The Morgan fingerprint density at radius 2 is 1.97 bits per heavy atom. The topological polar surface area (TPSA) is 92.2 Å². The quantitative estimate of drug-likeness (QED) is 0.432. The zero-order valence-electron chi connectivity index (χ0n) is 15.9. The first kappa shape index (κ1) is 19.3. The summed E-state index contributed by atoms with van der Waals surface area (Å²) in [7, 11) is 0. The van der Waals surface area contributed by atoms with Gasteiger partial charge in [-0.05, 0) is 36.8 Å². The molecule has 2 heterocycles. The second-order valence-corrected chi connectivity index (χ2v) is 7.75. The molecule has 0 saturated heterocycles. The van der Waals surface area contributed by atoms with Crippen LogP contribution in [0.1, 0.15) is 36.5 Å². The second kappa shape index (κ2) is 8.16. The molecule has 148 valence electrons. The van der Waals surface area contributed by atoms with Crippen molar-refractivity contribution in [3.8, 4) is 11.3 Å². The Hall–Kier alpha value is -3.00. The predicted molar refractivity (Wildman–Crippen MR) is 116 cm³/mol. The van der Waals surface area contributed by atoms with Gasteiger partial charge in [0.15, 0.2) is 5.65 Å². The van der Waals surface area contributed by atoms with Crippen LogP contribution < -0.4 is 10.9 Å². The number of rotatable bonds is 6. The number of unbranched alkanes of at least 4 members (excludes halogenated alkanes) is 2. The van der Waals surface area contributed by atoms with Crippen molar-refractivity contribution in [2.75, 3.05) is 6.54 Å². The molecule has 29 heavy (non-hydrogen) atoms.